The topological polar surface area (TPSA) is 46.6 Å². The molecule has 0 saturated heterocycles. The van der Waals surface area contributed by atoms with Crippen molar-refractivity contribution in [2.75, 3.05) is 18.6 Å². The van der Waals surface area contributed by atoms with Crippen molar-refractivity contribution < 1.29 is 14.3 Å². The summed E-state index contributed by atoms with van der Waals surface area (Å²) in [4.78, 5) is 29.3. The van der Waals surface area contributed by atoms with Crippen LogP contribution in [0.1, 0.15) is 27.4 Å². The molecule has 0 aromatic heterocycles. The molecule has 0 N–H and O–H groups in total. The summed E-state index contributed by atoms with van der Waals surface area (Å²) in [6.07, 6.45) is 1.73. The van der Waals surface area contributed by atoms with Gasteiger partial charge in [0.25, 0.3) is 0 Å². The first-order valence-electron chi connectivity index (χ1n) is 10.4. The number of methoxy groups -OCH3 is 1. The van der Waals surface area contributed by atoms with E-state index in [-0.39, 0.29) is 17.6 Å². The summed E-state index contributed by atoms with van der Waals surface area (Å²) in [5.41, 5.74) is 2.52. The van der Waals surface area contributed by atoms with Crippen LogP contribution in [-0.4, -0.2) is 25.3 Å². The second-order valence-electron chi connectivity index (χ2n) is 8.05. The minimum atomic E-state index is -0.888. The monoisotopic (exact) mass is 409 g/mol. The van der Waals surface area contributed by atoms with Crippen LogP contribution >= 0.6 is 0 Å². The van der Waals surface area contributed by atoms with E-state index in [0.29, 0.717) is 12.1 Å². The second-order valence-corrected chi connectivity index (χ2v) is 8.05. The Morgan fingerprint density at radius 2 is 1.71 bits per heavy atom. The van der Waals surface area contributed by atoms with Gasteiger partial charge in [-0.15, -0.1) is 6.58 Å². The van der Waals surface area contributed by atoms with Crippen molar-refractivity contribution in [1.29, 1.82) is 0 Å². The van der Waals surface area contributed by atoms with Crippen molar-refractivity contribution in [3.8, 4) is 5.75 Å². The number of benzene rings is 3. The average molecular weight is 409 g/mol. The molecule has 1 fully saturated rings. The first-order chi connectivity index (χ1) is 15.1. The van der Waals surface area contributed by atoms with Gasteiger partial charge in [0.1, 0.15) is 5.75 Å². The summed E-state index contributed by atoms with van der Waals surface area (Å²) in [5.74, 6) is 0.0471. The highest BCUT2D eigenvalue weighted by Crippen LogP contribution is 2.71. The molecule has 1 amide bonds. The minimum Gasteiger partial charge on any atom is -0.497 e. The first-order valence-corrected chi connectivity index (χ1v) is 10.4. The van der Waals surface area contributed by atoms with Crippen molar-refractivity contribution in [2.24, 2.45) is 5.92 Å². The fourth-order valence-corrected chi connectivity index (χ4v) is 5.21. The SMILES string of the molecule is C=CCN1C(=O)C2(c3ccccc31)C(C(=O)c1ccccc1)C2c1ccc(OC)cc1. The van der Waals surface area contributed by atoms with Crippen molar-refractivity contribution in [3.63, 3.8) is 0 Å². The standard InChI is InChI=1S/C27H23NO3/c1-3-17-28-22-12-8-7-11-21(22)27(26(28)30)23(18-13-15-20(31-2)16-14-18)24(27)25(29)19-9-5-4-6-10-19/h3-16,23-24H,1,17H2,2H3. The Morgan fingerprint density at radius 3 is 2.39 bits per heavy atom. The molecule has 5 rings (SSSR count). The molecule has 0 bridgehead atoms. The van der Waals surface area contributed by atoms with Gasteiger partial charge in [-0.1, -0.05) is 66.7 Å². The molecule has 1 aliphatic carbocycles. The molecule has 1 spiro atoms. The zero-order chi connectivity index (χ0) is 21.6. The van der Waals surface area contributed by atoms with E-state index in [4.69, 9.17) is 4.74 Å². The molecule has 0 radical (unpaired) electrons. The lowest BCUT2D eigenvalue weighted by molar-refractivity contribution is -0.120. The number of amides is 1. The van der Waals surface area contributed by atoms with Crippen LogP contribution in [0.4, 0.5) is 5.69 Å². The zero-order valence-corrected chi connectivity index (χ0v) is 17.3. The zero-order valence-electron chi connectivity index (χ0n) is 17.3. The number of ketones is 1. The van der Waals surface area contributed by atoms with Crippen molar-refractivity contribution in [2.45, 2.75) is 11.3 Å². The number of rotatable bonds is 6. The molecule has 2 aliphatic rings. The van der Waals surface area contributed by atoms with Crippen LogP contribution in [0.25, 0.3) is 0 Å². The number of carbonyl (C=O) groups excluding carboxylic acids is 2. The molecule has 3 aromatic carbocycles. The van der Waals surface area contributed by atoms with E-state index in [1.807, 2.05) is 78.9 Å². The van der Waals surface area contributed by atoms with E-state index in [9.17, 15) is 9.59 Å². The maximum Gasteiger partial charge on any atom is 0.239 e. The van der Waals surface area contributed by atoms with Crippen LogP contribution in [0.2, 0.25) is 0 Å². The highest BCUT2D eigenvalue weighted by molar-refractivity contribution is 6.18. The number of para-hydroxylation sites is 1. The summed E-state index contributed by atoms with van der Waals surface area (Å²) in [6, 6.07) is 24.8. The van der Waals surface area contributed by atoms with Gasteiger partial charge < -0.3 is 9.64 Å². The number of anilines is 1. The third kappa shape index (κ3) is 2.68. The van der Waals surface area contributed by atoms with E-state index in [2.05, 4.69) is 6.58 Å². The number of hydrogen-bond donors (Lipinski definition) is 0. The first kappa shape index (κ1) is 19.3. The molecule has 154 valence electrons. The van der Waals surface area contributed by atoms with Crippen LogP contribution in [0.15, 0.2) is 91.5 Å². The fraction of sp³-hybridized carbons (Fsp3) is 0.185. The quantitative estimate of drug-likeness (QED) is 0.436. The number of ether oxygens (including phenoxy) is 1. The van der Waals surface area contributed by atoms with Gasteiger partial charge >= 0.3 is 0 Å². The van der Waals surface area contributed by atoms with Crippen LogP contribution in [-0.2, 0) is 10.2 Å². The van der Waals surface area contributed by atoms with E-state index < -0.39 is 11.3 Å². The molecule has 3 aromatic rings. The van der Waals surface area contributed by atoms with Crippen molar-refractivity contribution in [1.82, 2.24) is 0 Å². The van der Waals surface area contributed by atoms with Gasteiger partial charge in [-0.05, 0) is 29.3 Å². The highest BCUT2D eigenvalue weighted by Gasteiger charge is 2.77. The number of hydrogen-bond acceptors (Lipinski definition) is 3. The van der Waals surface area contributed by atoms with Crippen LogP contribution in [0.3, 0.4) is 0 Å². The van der Waals surface area contributed by atoms with Crippen LogP contribution in [0, 0.1) is 5.92 Å². The predicted octanol–water partition coefficient (Wildman–Crippen LogP) is 4.76. The number of nitrogens with zero attached hydrogens (tertiary/aromatic N) is 1. The molecular weight excluding hydrogens is 386 g/mol. The number of fused-ring (bicyclic) bond motifs is 2. The summed E-state index contributed by atoms with van der Waals surface area (Å²) < 4.78 is 5.30. The number of carbonyl (C=O) groups is 2. The van der Waals surface area contributed by atoms with Gasteiger partial charge in [-0.3, -0.25) is 9.59 Å². The Kier molecular flexibility index (Phi) is 4.51. The third-order valence-corrected chi connectivity index (χ3v) is 6.57. The Labute approximate surface area is 181 Å². The normalized spacial score (nSPS) is 23.5. The van der Waals surface area contributed by atoms with E-state index >= 15 is 0 Å². The third-order valence-electron chi connectivity index (χ3n) is 6.57. The predicted molar refractivity (Wildman–Crippen MR) is 121 cm³/mol. The van der Waals surface area contributed by atoms with E-state index in [1.54, 1.807) is 18.1 Å². The maximum absolute atomic E-state index is 13.9. The molecule has 3 unspecified atom stereocenters. The molecule has 1 heterocycles. The summed E-state index contributed by atoms with van der Waals surface area (Å²) in [5, 5.41) is 0. The molecule has 31 heavy (non-hydrogen) atoms. The molecule has 3 atom stereocenters. The van der Waals surface area contributed by atoms with Gasteiger partial charge in [0, 0.05) is 29.6 Å². The lowest BCUT2D eigenvalue weighted by Crippen LogP contribution is -2.34. The summed E-state index contributed by atoms with van der Waals surface area (Å²) in [7, 11) is 1.62. The molecule has 4 heteroatoms. The summed E-state index contributed by atoms with van der Waals surface area (Å²) >= 11 is 0. The van der Waals surface area contributed by atoms with E-state index in [1.165, 1.54) is 0 Å². The maximum atomic E-state index is 13.9. The van der Waals surface area contributed by atoms with Gasteiger partial charge in [-0.2, -0.15) is 0 Å². The fourth-order valence-electron chi connectivity index (χ4n) is 5.21. The van der Waals surface area contributed by atoms with Gasteiger partial charge in [0.05, 0.1) is 12.5 Å². The van der Waals surface area contributed by atoms with Crippen LogP contribution in [0.5, 0.6) is 5.75 Å². The average Bonchev–Trinajstić information content (AvgIpc) is 3.47. The Bertz CT molecular complexity index is 1170. The molecule has 1 saturated carbocycles. The Balaban J connectivity index is 1.68. The van der Waals surface area contributed by atoms with E-state index in [0.717, 1.165) is 22.6 Å². The molecular formula is C27H23NO3. The Hall–Kier alpha value is -3.66. The van der Waals surface area contributed by atoms with Gasteiger partial charge in [-0.25, -0.2) is 0 Å². The smallest absolute Gasteiger partial charge is 0.239 e. The van der Waals surface area contributed by atoms with Gasteiger partial charge in [0.2, 0.25) is 5.91 Å². The van der Waals surface area contributed by atoms with Gasteiger partial charge in [0.15, 0.2) is 5.78 Å². The highest BCUT2D eigenvalue weighted by atomic mass is 16.5. The van der Waals surface area contributed by atoms with Crippen molar-refractivity contribution in [3.05, 3.63) is 108 Å². The second kappa shape index (κ2) is 7.24. The number of Topliss-reactive ketones (excluding diaryl/α,β-unsaturated/α-hetero) is 1. The Morgan fingerprint density at radius 1 is 1.03 bits per heavy atom. The lowest BCUT2D eigenvalue weighted by Gasteiger charge is -2.16. The lowest BCUT2D eigenvalue weighted by atomic mass is 9.90. The molecule has 1 aliphatic heterocycles. The summed E-state index contributed by atoms with van der Waals surface area (Å²) in [6.45, 7) is 4.24. The minimum absolute atomic E-state index is 0.00465. The van der Waals surface area contributed by atoms with Crippen molar-refractivity contribution >= 4 is 17.4 Å². The molecule has 4 nitrogen and oxygen atoms in total. The van der Waals surface area contributed by atoms with Crippen LogP contribution < -0.4 is 9.64 Å². The largest absolute Gasteiger partial charge is 0.497 e.